The fourth-order valence-corrected chi connectivity index (χ4v) is 4.30. The minimum Gasteiger partial charge on any atom is -0.326 e. The van der Waals surface area contributed by atoms with Crippen LogP contribution in [0.1, 0.15) is 26.7 Å². The first-order valence-corrected chi connectivity index (χ1v) is 7.81. The van der Waals surface area contributed by atoms with Gasteiger partial charge in [0.25, 0.3) is 10.2 Å². The molecule has 0 aromatic carbocycles. The van der Waals surface area contributed by atoms with E-state index >= 15 is 0 Å². The predicted octanol–water partition coefficient (Wildman–Crippen LogP) is 0.664. The molecule has 2 aliphatic rings. The van der Waals surface area contributed by atoms with E-state index in [1.807, 2.05) is 6.92 Å². The van der Waals surface area contributed by atoms with Crippen molar-refractivity contribution in [2.45, 2.75) is 32.7 Å². The first kappa shape index (κ1) is 16.2. The van der Waals surface area contributed by atoms with Crippen LogP contribution in [0.3, 0.4) is 0 Å². The largest absolute Gasteiger partial charge is 0.326 e. The van der Waals surface area contributed by atoms with E-state index in [1.54, 1.807) is 8.61 Å². The molecule has 7 heteroatoms. The summed E-state index contributed by atoms with van der Waals surface area (Å²) < 4.78 is 27.9. The third-order valence-corrected chi connectivity index (χ3v) is 6.00. The van der Waals surface area contributed by atoms with E-state index in [0.717, 1.165) is 12.8 Å². The van der Waals surface area contributed by atoms with E-state index in [1.165, 1.54) is 0 Å². The van der Waals surface area contributed by atoms with E-state index < -0.39 is 10.2 Å². The van der Waals surface area contributed by atoms with Gasteiger partial charge in [0.05, 0.1) is 0 Å². The molecule has 0 bridgehead atoms. The maximum absolute atomic E-state index is 12.4. The third-order valence-electron chi connectivity index (χ3n) is 4.03. The topological polar surface area (TPSA) is 66.6 Å². The normalized spacial score (nSPS) is 32.4. The van der Waals surface area contributed by atoms with E-state index in [2.05, 4.69) is 6.92 Å². The molecule has 2 heterocycles. The van der Waals surface area contributed by atoms with Crippen molar-refractivity contribution in [3.8, 4) is 0 Å². The molecule has 2 N–H and O–H groups in total. The Hall–Kier alpha value is 0.120. The number of rotatable bonds is 2. The lowest BCUT2D eigenvalue weighted by atomic mass is 10.0. The molecular weight excluding hydrogens is 274 g/mol. The summed E-state index contributed by atoms with van der Waals surface area (Å²) in [5, 5.41) is 0. The van der Waals surface area contributed by atoms with Crippen LogP contribution in [0.15, 0.2) is 0 Å². The molecule has 0 aromatic rings. The van der Waals surface area contributed by atoms with Gasteiger partial charge in [-0.25, -0.2) is 0 Å². The van der Waals surface area contributed by atoms with Crippen molar-refractivity contribution in [3.05, 3.63) is 0 Å². The van der Waals surface area contributed by atoms with Crippen LogP contribution < -0.4 is 5.73 Å². The van der Waals surface area contributed by atoms with E-state index in [4.69, 9.17) is 5.73 Å². The van der Waals surface area contributed by atoms with Crippen LogP contribution in [0.4, 0.5) is 0 Å². The van der Waals surface area contributed by atoms with Crippen LogP contribution in [-0.2, 0) is 10.2 Å². The number of nitrogens with zero attached hydrogens (tertiary/aromatic N) is 2. The molecular formula is C11H24ClN3O2S. The zero-order chi connectivity index (χ0) is 12.6. The lowest BCUT2D eigenvalue weighted by molar-refractivity contribution is 0.269. The van der Waals surface area contributed by atoms with Crippen molar-refractivity contribution in [1.29, 1.82) is 0 Å². The van der Waals surface area contributed by atoms with Gasteiger partial charge in [0.1, 0.15) is 0 Å². The molecule has 0 saturated carbocycles. The summed E-state index contributed by atoms with van der Waals surface area (Å²) in [6.45, 7) is 6.54. The molecule has 0 aromatic heterocycles. The molecule has 18 heavy (non-hydrogen) atoms. The average molecular weight is 298 g/mol. The molecule has 0 aliphatic carbocycles. The van der Waals surface area contributed by atoms with Crippen LogP contribution >= 0.6 is 12.4 Å². The Balaban J connectivity index is 0.00000162. The molecule has 2 atom stereocenters. The Morgan fingerprint density at radius 3 is 2.06 bits per heavy atom. The molecule has 108 valence electrons. The quantitative estimate of drug-likeness (QED) is 0.814. The summed E-state index contributed by atoms with van der Waals surface area (Å²) in [4.78, 5) is 0. The first-order valence-electron chi connectivity index (χ1n) is 6.42. The number of halogens is 1. The average Bonchev–Trinajstić information content (AvgIpc) is 2.60. The van der Waals surface area contributed by atoms with Gasteiger partial charge in [0, 0.05) is 32.2 Å². The molecule has 2 rings (SSSR count). The van der Waals surface area contributed by atoms with Gasteiger partial charge in [-0.1, -0.05) is 13.8 Å². The number of hydrogen-bond donors (Lipinski definition) is 1. The molecule has 0 spiro atoms. The van der Waals surface area contributed by atoms with E-state index in [-0.39, 0.29) is 24.4 Å². The summed E-state index contributed by atoms with van der Waals surface area (Å²) in [6.07, 6.45) is 1.93. The van der Waals surface area contributed by atoms with Gasteiger partial charge in [0.15, 0.2) is 0 Å². The highest BCUT2D eigenvalue weighted by Crippen LogP contribution is 2.24. The first-order chi connectivity index (χ1) is 7.91. The van der Waals surface area contributed by atoms with Crippen LogP contribution in [0.2, 0.25) is 0 Å². The Morgan fingerprint density at radius 2 is 1.61 bits per heavy atom. The van der Waals surface area contributed by atoms with Crippen molar-refractivity contribution in [3.63, 3.8) is 0 Å². The van der Waals surface area contributed by atoms with Crippen molar-refractivity contribution in [2.75, 3.05) is 26.2 Å². The minimum absolute atomic E-state index is 0. The van der Waals surface area contributed by atoms with E-state index in [9.17, 15) is 8.42 Å². The zero-order valence-corrected chi connectivity index (χ0v) is 12.7. The van der Waals surface area contributed by atoms with Gasteiger partial charge < -0.3 is 5.73 Å². The number of nitrogens with two attached hydrogens (primary N) is 1. The second kappa shape index (κ2) is 6.05. The molecule has 0 radical (unpaired) electrons. The Morgan fingerprint density at radius 1 is 1.06 bits per heavy atom. The van der Waals surface area contributed by atoms with Crippen molar-refractivity contribution >= 4 is 22.6 Å². The molecule has 0 amide bonds. The van der Waals surface area contributed by atoms with E-state index in [0.29, 0.717) is 32.1 Å². The number of hydrogen-bond acceptors (Lipinski definition) is 3. The SMILES string of the molecule is CC1CCN(S(=O)(=O)N2CC(C)C(N)C2)CC1.Cl. The van der Waals surface area contributed by atoms with Crippen LogP contribution in [0.25, 0.3) is 0 Å². The molecule has 2 saturated heterocycles. The molecule has 2 aliphatic heterocycles. The summed E-state index contributed by atoms with van der Waals surface area (Å²) in [5.41, 5.74) is 5.89. The van der Waals surface area contributed by atoms with Crippen molar-refractivity contribution < 1.29 is 8.42 Å². The monoisotopic (exact) mass is 297 g/mol. The second-order valence-corrected chi connectivity index (χ2v) is 7.48. The highest BCUT2D eigenvalue weighted by Gasteiger charge is 2.38. The molecule has 2 unspecified atom stereocenters. The Bertz CT molecular complexity index is 358. The fraction of sp³-hybridized carbons (Fsp3) is 1.00. The summed E-state index contributed by atoms with van der Waals surface area (Å²) in [6, 6.07) is -0.0199. The third kappa shape index (κ3) is 3.17. The lowest BCUT2D eigenvalue weighted by Gasteiger charge is -2.32. The van der Waals surface area contributed by atoms with Gasteiger partial charge in [-0.2, -0.15) is 17.0 Å². The highest BCUT2D eigenvalue weighted by molar-refractivity contribution is 7.86. The Kier molecular flexibility index (Phi) is 5.44. The standard InChI is InChI=1S/C11H23N3O2S.ClH/c1-9-3-5-13(6-4-9)17(15,16)14-7-10(2)11(12)8-14;/h9-11H,3-8,12H2,1-2H3;1H. The van der Waals surface area contributed by atoms with Gasteiger partial charge >= 0.3 is 0 Å². The maximum atomic E-state index is 12.4. The van der Waals surface area contributed by atoms with Gasteiger partial charge in [-0.05, 0) is 24.7 Å². The van der Waals surface area contributed by atoms with Gasteiger partial charge in [0.2, 0.25) is 0 Å². The number of piperidine rings is 1. The molecule has 5 nitrogen and oxygen atoms in total. The van der Waals surface area contributed by atoms with Crippen molar-refractivity contribution in [1.82, 2.24) is 8.61 Å². The molecule has 2 fully saturated rings. The summed E-state index contributed by atoms with van der Waals surface area (Å²) in [7, 11) is -3.26. The summed E-state index contributed by atoms with van der Waals surface area (Å²) in [5.74, 6) is 0.898. The zero-order valence-electron chi connectivity index (χ0n) is 11.1. The minimum atomic E-state index is -3.26. The smallest absolute Gasteiger partial charge is 0.282 e. The van der Waals surface area contributed by atoms with Crippen LogP contribution in [0, 0.1) is 11.8 Å². The predicted molar refractivity (Wildman–Crippen MR) is 74.9 cm³/mol. The van der Waals surface area contributed by atoms with Gasteiger partial charge in [-0.15, -0.1) is 12.4 Å². The maximum Gasteiger partial charge on any atom is 0.282 e. The Labute approximate surface area is 116 Å². The summed E-state index contributed by atoms with van der Waals surface area (Å²) >= 11 is 0. The fourth-order valence-electron chi connectivity index (χ4n) is 2.51. The van der Waals surface area contributed by atoms with Gasteiger partial charge in [-0.3, -0.25) is 0 Å². The van der Waals surface area contributed by atoms with Crippen LogP contribution in [-0.4, -0.2) is 49.2 Å². The van der Waals surface area contributed by atoms with Crippen molar-refractivity contribution in [2.24, 2.45) is 17.6 Å². The van der Waals surface area contributed by atoms with Crippen LogP contribution in [0.5, 0.6) is 0 Å². The second-order valence-electron chi connectivity index (χ2n) is 5.55. The highest BCUT2D eigenvalue weighted by atomic mass is 35.5. The lowest BCUT2D eigenvalue weighted by Crippen LogP contribution is -2.46.